The molecule has 0 bridgehead atoms. The maximum absolute atomic E-state index is 13.5. The molecule has 2 atom stereocenters. The van der Waals surface area contributed by atoms with Gasteiger partial charge in [0.05, 0.1) is 0 Å². The number of rotatable bonds is 3. The predicted molar refractivity (Wildman–Crippen MR) is 73.3 cm³/mol. The zero-order chi connectivity index (χ0) is 14.7. The quantitative estimate of drug-likeness (QED) is 0.921. The maximum Gasteiger partial charge on any atom is 0.223 e. The Hall–Kier alpha value is -1.49. The van der Waals surface area contributed by atoms with Crippen LogP contribution in [0.4, 0.5) is 8.78 Å². The van der Waals surface area contributed by atoms with Gasteiger partial charge >= 0.3 is 0 Å². The summed E-state index contributed by atoms with van der Waals surface area (Å²) < 4.78 is 26.6. The molecular weight excluding hydrogens is 262 g/mol. The predicted octanol–water partition coefficient (Wildman–Crippen LogP) is 2.11. The van der Waals surface area contributed by atoms with E-state index in [2.05, 4.69) is 5.32 Å². The third-order valence-electron chi connectivity index (χ3n) is 3.97. The van der Waals surface area contributed by atoms with Gasteiger partial charge in [-0.05, 0) is 44.0 Å². The minimum absolute atomic E-state index is 0.00508. The lowest BCUT2D eigenvalue weighted by Crippen LogP contribution is -2.57. The van der Waals surface area contributed by atoms with Crippen LogP contribution in [0.25, 0.3) is 0 Å². The highest BCUT2D eigenvalue weighted by atomic mass is 19.1. The van der Waals surface area contributed by atoms with Crippen molar-refractivity contribution in [3.63, 3.8) is 0 Å². The average Bonchev–Trinajstić information content (AvgIpc) is 2.42. The van der Waals surface area contributed by atoms with Crippen molar-refractivity contribution in [2.24, 2.45) is 0 Å². The van der Waals surface area contributed by atoms with Gasteiger partial charge in [0.1, 0.15) is 11.6 Å². The van der Waals surface area contributed by atoms with Gasteiger partial charge in [0.2, 0.25) is 5.91 Å². The van der Waals surface area contributed by atoms with Crippen molar-refractivity contribution < 1.29 is 13.6 Å². The first-order chi connectivity index (χ1) is 9.49. The Morgan fingerprint density at radius 2 is 2.15 bits per heavy atom. The van der Waals surface area contributed by atoms with E-state index in [0.717, 1.165) is 24.7 Å². The van der Waals surface area contributed by atoms with Crippen molar-refractivity contribution in [3.05, 3.63) is 35.4 Å². The number of amides is 1. The van der Waals surface area contributed by atoms with Crippen LogP contribution in [0.2, 0.25) is 0 Å². The molecule has 0 aliphatic carbocycles. The Morgan fingerprint density at radius 3 is 2.90 bits per heavy atom. The highest BCUT2D eigenvalue weighted by Crippen LogP contribution is 2.15. The molecule has 110 valence electrons. The zero-order valence-electron chi connectivity index (χ0n) is 11.8. The lowest BCUT2D eigenvalue weighted by molar-refractivity contribution is -0.134. The molecule has 20 heavy (non-hydrogen) atoms. The monoisotopic (exact) mass is 282 g/mol. The molecule has 1 aliphatic rings. The molecule has 1 aromatic carbocycles. The number of carbonyl (C=O) groups is 1. The Balaban J connectivity index is 1.96. The fourth-order valence-electron chi connectivity index (χ4n) is 2.53. The Kier molecular flexibility index (Phi) is 4.70. The van der Waals surface area contributed by atoms with Crippen LogP contribution in [-0.2, 0) is 11.2 Å². The largest absolute Gasteiger partial charge is 0.337 e. The third kappa shape index (κ3) is 3.33. The molecule has 1 fully saturated rings. The molecule has 5 heteroatoms. The molecule has 1 amide bonds. The number of halogens is 2. The van der Waals surface area contributed by atoms with E-state index in [4.69, 9.17) is 0 Å². The Labute approximate surface area is 118 Å². The van der Waals surface area contributed by atoms with Gasteiger partial charge in [-0.3, -0.25) is 4.79 Å². The SMILES string of the molecule is CC1NCCN(C(=O)CCc2cc(F)ccc2F)C1C. The summed E-state index contributed by atoms with van der Waals surface area (Å²) in [6, 6.07) is 3.71. The summed E-state index contributed by atoms with van der Waals surface area (Å²) in [5, 5.41) is 3.30. The summed E-state index contributed by atoms with van der Waals surface area (Å²) in [7, 11) is 0. The van der Waals surface area contributed by atoms with E-state index in [0.29, 0.717) is 6.54 Å². The van der Waals surface area contributed by atoms with Crippen molar-refractivity contribution in [1.29, 1.82) is 0 Å². The van der Waals surface area contributed by atoms with E-state index in [1.54, 1.807) is 0 Å². The van der Waals surface area contributed by atoms with Crippen molar-refractivity contribution >= 4 is 5.91 Å². The summed E-state index contributed by atoms with van der Waals surface area (Å²) in [6.45, 7) is 5.47. The normalized spacial score (nSPS) is 22.9. The smallest absolute Gasteiger partial charge is 0.223 e. The van der Waals surface area contributed by atoms with Crippen LogP contribution in [0, 0.1) is 11.6 Å². The fraction of sp³-hybridized carbons (Fsp3) is 0.533. The van der Waals surface area contributed by atoms with E-state index in [1.165, 1.54) is 0 Å². The summed E-state index contributed by atoms with van der Waals surface area (Å²) in [6.07, 6.45) is 0.435. The Bertz CT molecular complexity index is 493. The van der Waals surface area contributed by atoms with Gasteiger partial charge in [0.15, 0.2) is 0 Å². The van der Waals surface area contributed by atoms with Crippen LogP contribution in [0.3, 0.4) is 0 Å². The number of carbonyl (C=O) groups excluding carboxylic acids is 1. The van der Waals surface area contributed by atoms with Crippen molar-refractivity contribution in [3.8, 4) is 0 Å². The number of nitrogens with zero attached hydrogens (tertiary/aromatic N) is 1. The molecule has 0 aromatic heterocycles. The number of aryl methyl sites for hydroxylation is 1. The summed E-state index contributed by atoms with van der Waals surface area (Å²) in [4.78, 5) is 14.0. The van der Waals surface area contributed by atoms with Crippen molar-refractivity contribution in [2.75, 3.05) is 13.1 Å². The van der Waals surface area contributed by atoms with Gasteiger partial charge in [-0.15, -0.1) is 0 Å². The molecule has 2 rings (SSSR count). The van der Waals surface area contributed by atoms with E-state index in [1.807, 2.05) is 18.7 Å². The molecule has 2 unspecified atom stereocenters. The third-order valence-corrected chi connectivity index (χ3v) is 3.97. The van der Waals surface area contributed by atoms with Crippen molar-refractivity contribution in [1.82, 2.24) is 10.2 Å². The first-order valence-electron chi connectivity index (χ1n) is 6.96. The van der Waals surface area contributed by atoms with Crippen molar-refractivity contribution in [2.45, 2.75) is 38.8 Å². The summed E-state index contributed by atoms with van der Waals surface area (Å²) in [5.74, 6) is -0.937. The van der Waals surface area contributed by atoms with Gasteiger partial charge in [0, 0.05) is 31.6 Å². The summed E-state index contributed by atoms with van der Waals surface area (Å²) >= 11 is 0. The summed E-state index contributed by atoms with van der Waals surface area (Å²) in [5.41, 5.74) is 0.259. The van der Waals surface area contributed by atoms with E-state index in [-0.39, 0.29) is 36.4 Å². The van der Waals surface area contributed by atoms with Crippen LogP contribution in [-0.4, -0.2) is 36.0 Å². The molecule has 0 saturated carbocycles. The topological polar surface area (TPSA) is 32.3 Å². The number of piperazine rings is 1. The van der Waals surface area contributed by atoms with Gasteiger partial charge in [0.25, 0.3) is 0 Å². The van der Waals surface area contributed by atoms with Gasteiger partial charge in [-0.25, -0.2) is 8.78 Å². The lowest BCUT2D eigenvalue weighted by atomic mass is 10.0. The van der Waals surface area contributed by atoms with Crippen LogP contribution in [0.15, 0.2) is 18.2 Å². The molecular formula is C15H20F2N2O. The highest BCUT2D eigenvalue weighted by molar-refractivity contribution is 5.77. The number of hydrogen-bond acceptors (Lipinski definition) is 2. The van der Waals surface area contributed by atoms with Crippen LogP contribution >= 0.6 is 0 Å². The maximum atomic E-state index is 13.5. The second-order valence-electron chi connectivity index (χ2n) is 5.31. The second-order valence-corrected chi connectivity index (χ2v) is 5.31. The average molecular weight is 282 g/mol. The second kappa shape index (κ2) is 6.31. The zero-order valence-corrected chi connectivity index (χ0v) is 11.8. The fourth-order valence-corrected chi connectivity index (χ4v) is 2.53. The molecule has 1 N–H and O–H groups in total. The standard InChI is InChI=1S/C15H20F2N2O/c1-10-11(2)19(8-7-18-10)15(20)6-3-12-9-13(16)4-5-14(12)17/h4-5,9-11,18H,3,6-8H2,1-2H3. The Morgan fingerprint density at radius 1 is 1.40 bits per heavy atom. The first-order valence-corrected chi connectivity index (χ1v) is 6.96. The molecule has 3 nitrogen and oxygen atoms in total. The first kappa shape index (κ1) is 14.9. The number of nitrogens with one attached hydrogen (secondary N) is 1. The van der Waals surface area contributed by atoms with Crippen LogP contribution in [0.5, 0.6) is 0 Å². The number of benzene rings is 1. The minimum Gasteiger partial charge on any atom is -0.337 e. The minimum atomic E-state index is -0.474. The molecule has 0 radical (unpaired) electrons. The van der Waals surface area contributed by atoms with Gasteiger partial charge < -0.3 is 10.2 Å². The molecule has 1 saturated heterocycles. The van der Waals surface area contributed by atoms with E-state index < -0.39 is 11.6 Å². The molecule has 1 heterocycles. The molecule has 0 spiro atoms. The van der Waals surface area contributed by atoms with E-state index in [9.17, 15) is 13.6 Å². The molecule has 1 aromatic rings. The lowest BCUT2D eigenvalue weighted by Gasteiger charge is -2.38. The molecule has 1 aliphatic heterocycles. The van der Waals surface area contributed by atoms with E-state index >= 15 is 0 Å². The van der Waals surface area contributed by atoms with Gasteiger partial charge in [-0.1, -0.05) is 0 Å². The van der Waals surface area contributed by atoms with Crippen LogP contribution < -0.4 is 5.32 Å². The number of hydrogen-bond donors (Lipinski definition) is 1. The van der Waals surface area contributed by atoms with Crippen LogP contribution in [0.1, 0.15) is 25.8 Å². The van der Waals surface area contributed by atoms with Gasteiger partial charge in [-0.2, -0.15) is 0 Å². The highest BCUT2D eigenvalue weighted by Gasteiger charge is 2.27.